The quantitative estimate of drug-likeness (QED) is 0.691. The van der Waals surface area contributed by atoms with Gasteiger partial charge in [0.15, 0.2) is 5.16 Å². The number of thioether (sulfide) groups is 1. The fourth-order valence-corrected chi connectivity index (χ4v) is 5.96. The molecule has 2 aromatic heterocycles. The summed E-state index contributed by atoms with van der Waals surface area (Å²) in [6.45, 7) is 5.07. The number of likely N-dealkylation sites (tertiary alicyclic amines) is 1. The van der Waals surface area contributed by atoms with Crippen LogP contribution in [0.1, 0.15) is 23.7 Å². The predicted octanol–water partition coefficient (Wildman–Crippen LogP) is 1.45. The van der Waals surface area contributed by atoms with Crippen LogP contribution < -0.4 is 10.5 Å². The van der Waals surface area contributed by atoms with E-state index in [0.29, 0.717) is 23.8 Å². The summed E-state index contributed by atoms with van der Waals surface area (Å²) in [5.41, 5.74) is 1.22. The van der Waals surface area contributed by atoms with Gasteiger partial charge in [-0.1, -0.05) is 11.8 Å². The summed E-state index contributed by atoms with van der Waals surface area (Å²) >= 11 is 1.55. The Labute approximate surface area is 178 Å². The molecule has 154 valence electrons. The smallest absolute Gasteiger partial charge is 0.254 e. The highest BCUT2D eigenvalue weighted by atomic mass is 32.2. The van der Waals surface area contributed by atoms with Gasteiger partial charge in [-0.3, -0.25) is 14.2 Å². The van der Waals surface area contributed by atoms with Crippen molar-refractivity contribution in [3.05, 3.63) is 46.0 Å². The Kier molecular flexibility index (Phi) is 4.74. The van der Waals surface area contributed by atoms with Crippen molar-refractivity contribution in [2.24, 2.45) is 11.8 Å². The van der Waals surface area contributed by atoms with Crippen molar-refractivity contribution >= 4 is 23.5 Å². The van der Waals surface area contributed by atoms with Crippen LogP contribution in [0.4, 0.5) is 5.82 Å². The van der Waals surface area contributed by atoms with Crippen LogP contribution in [0.25, 0.3) is 0 Å². The zero-order chi connectivity index (χ0) is 20.8. The molecule has 0 aromatic carbocycles. The first-order chi connectivity index (χ1) is 14.5. The van der Waals surface area contributed by atoms with E-state index in [-0.39, 0.29) is 17.5 Å². The number of pyridine rings is 1. The van der Waals surface area contributed by atoms with Crippen molar-refractivity contribution in [2.45, 2.75) is 24.5 Å². The minimum Gasteiger partial charge on any atom is -0.356 e. The molecule has 8 nitrogen and oxygen atoms in total. The number of anilines is 1. The van der Waals surface area contributed by atoms with Crippen molar-refractivity contribution in [3.8, 4) is 6.07 Å². The maximum absolute atomic E-state index is 13.0. The Morgan fingerprint density at radius 3 is 2.70 bits per heavy atom. The maximum atomic E-state index is 13.0. The second-order valence-electron chi connectivity index (χ2n) is 8.30. The van der Waals surface area contributed by atoms with Gasteiger partial charge >= 0.3 is 0 Å². The average molecular weight is 423 g/mol. The molecule has 3 aliphatic heterocycles. The van der Waals surface area contributed by atoms with Crippen molar-refractivity contribution in [1.29, 1.82) is 5.26 Å². The number of aryl methyl sites for hydroxylation is 1. The van der Waals surface area contributed by atoms with Crippen molar-refractivity contribution in [1.82, 2.24) is 19.4 Å². The Balaban J connectivity index is 1.21. The molecule has 0 radical (unpaired) electrons. The summed E-state index contributed by atoms with van der Waals surface area (Å²) in [5.74, 6) is 2.60. The third-order valence-corrected chi connectivity index (χ3v) is 7.37. The van der Waals surface area contributed by atoms with E-state index in [1.165, 1.54) is 0 Å². The summed E-state index contributed by atoms with van der Waals surface area (Å²) in [6.07, 6.45) is 1.96. The zero-order valence-electron chi connectivity index (χ0n) is 16.7. The number of carbonyl (C=O) groups excluding carboxylic acids is 1. The molecule has 3 aliphatic rings. The number of hydrogen-bond acceptors (Lipinski definition) is 7. The number of carbonyl (C=O) groups is 1. The summed E-state index contributed by atoms with van der Waals surface area (Å²) in [7, 11) is 0. The molecule has 2 fully saturated rings. The van der Waals surface area contributed by atoms with Crippen molar-refractivity contribution in [3.63, 3.8) is 0 Å². The van der Waals surface area contributed by atoms with E-state index in [1.54, 1.807) is 34.7 Å². The second-order valence-corrected chi connectivity index (χ2v) is 9.29. The van der Waals surface area contributed by atoms with Gasteiger partial charge in [0, 0.05) is 68.1 Å². The molecule has 0 N–H and O–H groups in total. The van der Waals surface area contributed by atoms with Gasteiger partial charge in [0.05, 0.1) is 11.6 Å². The molecule has 0 aliphatic carbocycles. The van der Waals surface area contributed by atoms with Crippen LogP contribution in [0, 0.1) is 30.1 Å². The number of aromatic nitrogens is 3. The van der Waals surface area contributed by atoms with E-state index in [0.717, 1.165) is 48.6 Å². The number of fused-ring (bicyclic) bond motifs is 2. The standard InChI is InChI=1S/C21H22N6O2S/c1-13-4-20(29)27-17(12-30-21(27)24-13)5-19(28)26-10-15-8-25(9-16(15)11-26)18-3-2-14(6-22)7-23-18/h2-4,7,15-17H,5,8-12H2,1H3. The van der Waals surface area contributed by atoms with Gasteiger partial charge in [-0.25, -0.2) is 9.97 Å². The number of nitriles is 1. The van der Waals surface area contributed by atoms with Crippen LogP contribution in [0.15, 0.2) is 34.3 Å². The second kappa shape index (κ2) is 7.43. The van der Waals surface area contributed by atoms with Crippen LogP contribution >= 0.6 is 11.8 Å². The molecule has 1 amide bonds. The van der Waals surface area contributed by atoms with Gasteiger partial charge in [-0.2, -0.15) is 5.26 Å². The SMILES string of the molecule is Cc1cc(=O)n2c(n1)SCC2CC(=O)N1CC2CN(c3ccc(C#N)cn3)CC2C1. The Hall–Kier alpha value is -2.86. The number of nitrogens with zero attached hydrogens (tertiary/aromatic N) is 6. The van der Waals surface area contributed by atoms with Crippen molar-refractivity contribution in [2.75, 3.05) is 36.8 Å². The summed E-state index contributed by atoms with van der Waals surface area (Å²) in [4.78, 5) is 38.4. The lowest BCUT2D eigenvalue weighted by Crippen LogP contribution is -2.35. The Morgan fingerprint density at radius 1 is 1.27 bits per heavy atom. The molecule has 2 saturated heterocycles. The van der Waals surface area contributed by atoms with E-state index in [2.05, 4.69) is 20.9 Å². The lowest BCUT2D eigenvalue weighted by atomic mass is 10.0. The van der Waals surface area contributed by atoms with Gasteiger partial charge in [0.2, 0.25) is 5.91 Å². The number of amides is 1. The fraction of sp³-hybridized carbons (Fsp3) is 0.476. The third-order valence-electron chi connectivity index (χ3n) is 6.27. The lowest BCUT2D eigenvalue weighted by Gasteiger charge is -2.23. The Morgan fingerprint density at radius 2 is 2.03 bits per heavy atom. The highest BCUT2D eigenvalue weighted by Gasteiger charge is 2.42. The summed E-state index contributed by atoms with van der Waals surface area (Å²) in [5, 5.41) is 9.65. The Bertz CT molecular complexity index is 1080. The fourth-order valence-electron chi connectivity index (χ4n) is 4.77. The minimum absolute atomic E-state index is 0.0656. The van der Waals surface area contributed by atoms with Gasteiger partial charge < -0.3 is 9.80 Å². The molecule has 5 rings (SSSR count). The molecule has 0 spiro atoms. The van der Waals surface area contributed by atoms with Crippen LogP contribution in [0.2, 0.25) is 0 Å². The normalized spacial score (nSPS) is 24.6. The molecule has 30 heavy (non-hydrogen) atoms. The first kappa shape index (κ1) is 19.1. The summed E-state index contributed by atoms with van der Waals surface area (Å²) < 4.78 is 1.69. The van der Waals surface area contributed by atoms with Crippen LogP contribution in [-0.2, 0) is 4.79 Å². The third kappa shape index (κ3) is 3.35. The summed E-state index contributed by atoms with van der Waals surface area (Å²) in [6, 6.07) is 7.21. The van der Waals surface area contributed by atoms with E-state index in [4.69, 9.17) is 5.26 Å². The molecule has 0 bridgehead atoms. The molecular weight excluding hydrogens is 400 g/mol. The van der Waals surface area contributed by atoms with E-state index in [1.807, 2.05) is 17.9 Å². The largest absolute Gasteiger partial charge is 0.356 e. The first-order valence-corrected chi connectivity index (χ1v) is 11.1. The highest BCUT2D eigenvalue weighted by molar-refractivity contribution is 7.99. The maximum Gasteiger partial charge on any atom is 0.254 e. The molecule has 5 heterocycles. The van der Waals surface area contributed by atoms with E-state index in [9.17, 15) is 9.59 Å². The van der Waals surface area contributed by atoms with Gasteiger partial charge in [-0.15, -0.1) is 0 Å². The molecule has 2 aromatic rings. The zero-order valence-corrected chi connectivity index (χ0v) is 17.5. The number of rotatable bonds is 3. The van der Waals surface area contributed by atoms with Crippen LogP contribution in [0.3, 0.4) is 0 Å². The molecule has 3 unspecified atom stereocenters. The molecular formula is C21H22N6O2S. The number of hydrogen-bond donors (Lipinski definition) is 0. The van der Waals surface area contributed by atoms with Gasteiger partial charge in [0.1, 0.15) is 11.9 Å². The predicted molar refractivity (Wildman–Crippen MR) is 112 cm³/mol. The molecule has 3 atom stereocenters. The average Bonchev–Trinajstić information content (AvgIpc) is 3.41. The topological polar surface area (TPSA) is 95.1 Å². The minimum atomic E-state index is -0.113. The van der Waals surface area contributed by atoms with Crippen molar-refractivity contribution < 1.29 is 4.79 Å². The van der Waals surface area contributed by atoms with Gasteiger partial charge in [0.25, 0.3) is 5.56 Å². The first-order valence-electron chi connectivity index (χ1n) is 10.1. The lowest BCUT2D eigenvalue weighted by molar-refractivity contribution is -0.131. The van der Waals surface area contributed by atoms with Crippen LogP contribution in [0.5, 0.6) is 0 Å². The monoisotopic (exact) mass is 422 g/mol. The van der Waals surface area contributed by atoms with Crippen LogP contribution in [-0.4, -0.2) is 57.3 Å². The van der Waals surface area contributed by atoms with Gasteiger partial charge in [-0.05, 0) is 19.1 Å². The molecule has 9 heteroatoms. The molecule has 0 saturated carbocycles. The van der Waals surface area contributed by atoms with E-state index < -0.39 is 0 Å². The highest BCUT2D eigenvalue weighted by Crippen LogP contribution is 2.36. The van der Waals surface area contributed by atoms with E-state index >= 15 is 0 Å².